The van der Waals surface area contributed by atoms with Crippen molar-refractivity contribution in [3.63, 3.8) is 0 Å². The van der Waals surface area contributed by atoms with Gasteiger partial charge < -0.3 is 9.30 Å². The zero-order chi connectivity index (χ0) is 16.6. The van der Waals surface area contributed by atoms with E-state index in [1.54, 1.807) is 7.11 Å². The largest absolute Gasteiger partial charge is 0.496 e. The van der Waals surface area contributed by atoms with Gasteiger partial charge in [0.2, 0.25) is 0 Å². The van der Waals surface area contributed by atoms with Gasteiger partial charge in [-0.05, 0) is 30.3 Å². The highest BCUT2D eigenvalue weighted by Crippen LogP contribution is 2.31. The van der Waals surface area contributed by atoms with E-state index in [4.69, 9.17) is 16.3 Å². The van der Waals surface area contributed by atoms with Gasteiger partial charge in [-0.3, -0.25) is 0 Å². The minimum absolute atomic E-state index is 0.0281. The lowest BCUT2D eigenvalue weighted by Crippen LogP contribution is -2.18. The van der Waals surface area contributed by atoms with Gasteiger partial charge in [0.25, 0.3) is 0 Å². The number of nitrogens with zero attached hydrogens (tertiary/aromatic N) is 2. The number of methoxy groups -OCH3 is 1. The monoisotopic (exact) mass is 328 g/mol. The third-order valence-electron chi connectivity index (χ3n) is 4.00. The smallest absolute Gasteiger partial charge is 0.140 e. The van der Waals surface area contributed by atoms with Crippen LogP contribution in [0.1, 0.15) is 32.0 Å². The molecule has 3 aromatic rings. The van der Waals surface area contributed by atoms with Crippen molar-refractivity contribution in [3.8, 4) is 5.75 Å². The van der Waals surface area contributed by atoms with Crippen LogP contribution in [0.15, 0.2) is 42.6 Å². The Kier molecular flexibility index (Phi) is 4.07. The zero-order valence-electron chi connectivity index (χ0n) is 13.9. The zero-order valence-corrected chi connectivity index (χ0v) is 14.7. The molecule has 3 rings (SSSR count). The fourth-order valence-corrected chi connectivity index (χ4v) is 3.05. The van der Waals surface area contributed by atoms with Crippen LogP contribution in [-0.2, 0) is 12.0 Å². The number of fused-ring (bicyclic) bond motifs is 1. The van der Waals surface area contributed by atoms with Crippen LogP contribution in [0.4, 0.5) is 0 Å². The Labute approximate surface area is 141 Å². The van der Waals surface area contributed by atoms with Crippen molar-refractivity contribution < 1.29 is 4.74 Å². The maximum atomic E-state index is 6.08. The topological polar surface area (TPSA) is 27.1 Å². The molecule has 0 radical (unpaired) electrons. The standard InChI is InChI=1S/C19H21ClN2O/c1-19(2,3)17-10-13-6-5-9-21-18(13)22(17)12-14-7-8-15(20)11-16(14)23-4/h5-11H,12H2,1-4H3. The predicted molar refractivity (Wildman–Crippen MR) is 95.5 cm³/mol. The molecule has 120 valence electrons. The molecule has 0 saturated heterocycles. The summed E-state index contributed by atoms with van der Waals surface area (Å²) >= 11 is 6.08. The average molecular weight is 329 g/mol. The molecule has 0 unspecified atom stereocenters. The van der Waals surface area contributed by atoms with Gasteiger partial charge in [0.15, 0.2) is 0 Å². The van der Waals surface area contributed by atoms with E-state index in [0.29, 0.717) is 11.6 Å². The molecule has 3 nitrogen and oxygen atoms in total. The van der Waals surface area contributed by atoms with E-state index in [1.807, 2.05) is 30.5 Å². The molecule has 0 amide bonds. The van der Waals surface area contributed by atoms with E-state index in [0.717, 1.165) is 22.3 Å². The van der Waals surface area contributed by atoms with Crippen molar-refractivity contribution in [2.24, 2.45) is 0 Å². The summed E-state index contributed by atoms with van der Waals surface area (Å²) in [6.45, 7) is 7.36. The highest BCUT2D eigenvalue weighted by atomic mass is 35.5. The van der Waals surface area contributed by atoms with Crippen molar-refractivity contribution in [1.82, 2.24) is 9.55 Å². The van der Waals surface area contributed by atoms with E-state index >= 15 is 0 Å². The molecular formula is C19H21ClN2O. The summed E-state index contributed by atoms with van der Waals surface area (Å²) in [6.07, 6.45) is 1.84. The first kappa shape index (κ1) is 15.9. The Morgan fingerprint density at radius 2 is 1.96 bits per heavy atom. The molecule has 2 heterocycles. The number of benzene rings is 1. The molecule has 0 aliphatic carbocycles. The molecule has 0 fully saturated rings. The molecule has 23 heavy (non-hydrogen) atoms. The minimum Gasteiger partial charge on any atom is -0.496 e. The fourth-order valence-electron chi connectivity index (χ4n) is 2.89. The second-order valence-corrected chi connectivity index (χ2v) is 7.17. The van der Waals surface area contributed by atoms with E-state index in [-0.39, 0.29) is 5.41 Å². The summed E-state index contributed by atoms with van der Waals surface area (Å²) in [4.78, 5) is 4.58. The van der Waals surface area contributed by atoms with Crippen LogP contribution >= 0.6 is 11.6 Å². The molecule has 0 atom stereocenters. The number of ether oxygens (including phenoxy) is 1. The van der Waals surface area contributed by atoms with E-state index < -0.39 is 0 Å². The van der Waals surface area contributed by atoms with Crippen molar-refractivity contribution in [2.75, 3.05) is 7.11 Å². The molecule has 0 bridgehead atoms. The average Bonchev–Trinajstić information content (AvgIpc) is 2.88. The van der Waals surface area contributed by atoms with Crippen molar-refractivity contribution in [3.05, 3.63) is 58.9 Å². The first-order valence-electron chi connectivity index (χ1n) is 7.67. The predicted octanol–water partition coefficient (Wildman–Crippen LogP) is 5.04. The molecular weight excluding hydrogens is 308 g/mol. The van der Waals surface area contributed by atoms with Crippen LogP contribution < -0.4 is 4.74 Å². The maximum Gasteiger partial charge on any atom is 0.140 e. The highest BCUT2D eigenvalue weighted by molar-refractivity contribution is 6.30. The molecule has 2 aromatic heterocycles. The number of rotatable bonds is 3. The number of hydrogen-bond acceptors (Lipinski definition) is 2. The molecule has 0 N–H and O–H groups in total. The van der Waals surface area contributed by atoms with Gasteiger partial charge in [0, 0.05) is 33.3 Å². The minimum atomic E-state index is 0.0281. The summed E-state index contributed by atoms with van der Waals surface area (Å²) in [5.41, 5.74) is 3.36. The third kappa shape index (κ3) is 3.06. The van der Waals surface area contributed by atoms with Crippen molar-refractivity contribution >= 4 is 22.6 Å². The second kappa shape index (κ2) is 5.89. The van der Waals surface area contributed by atoms with Gasteiger partial charge in [0.05, 0.1) is 13.7 Å². The van der Waals surface area contributed by atoms with Gasteiger partial charge >= 0.3 is 0 Å². The summed E-state index contributed by atoms with van der Waals surface area (Å²) in [5.74, 6) is 0.801. The third-order valence-corrected chi connectivity index (χ3v) is 4.24. The van der Waals surface area contributed by atoms with Crippen LogP contribution in [0.3, 0.4) is 0 Å². The highest BCUT2D eigenvalue weighted by Gasteiger charge is 2.22. The summed E-state index contributed by atoms with van der Waals surface area (Å²) in [7, 11) is 1.67. The number of halogens is 1. The van der Waals surface area contributed by atoms with E-state index in [2.05, 4.69) is 42.5 Å². The van der Waals surface area contributed by atoms with E-state index in [9.17, 15) is 0 Å². The number of hydrogen-bond donors (Lipinski definition) is 0. The van der Waals surface area contributed by atoms with Gasteiger partial charge in [-0.1, -0.05) is 38.4 Å². The summed E-state index contributed by atoms with van der Waals surface area (Å²) < 4.78 is 7.76. The summed E-state index contributed by atoms with van der Waals surface area (Å²) in [5, 5.41) is 1.84. The molecule has 1 aromatic carbocycles. The van der Waals surface area contributed by atoms with E-state index in [1.165, 1.54) is 5.69 Å². The Hall–Kier alpha value is -2.00. The lowest BCUT2D eigenvalue weighted by Gasteiger charge is -2.22. The van der Waals surface area contributed by atoms with Gasteiger partial charge in [0.1, 0.15) is 11.4 Å². The molecule has 0 spiro atoms. The van der Waals surface area contributed by atoms with Crippen molar-refractivity contribution in [2.45, 2.75) is 32.7 Å². The first-order valence-corrected chi connectivity index (χ1v) is 8.05. The lowest BCUT2D eigenvalue weighted by atomic mass is 9.92. The van der Waals surface area contributed by atoms with Gasteiger partial charge in [-0.15, -0.1) is 0 Å². The quantitative estimate of drug-likeness (QED) is 0.673. The number of pyridine rings is 1. The SMILES string of the molecule is COc1cc(Cl)ccc1Cn1c(C(C)(C)C)cc2cccnc21. The second-order valence-electron chi connectivity index (χ2n) is 6.74. The number of aromatic nitrogens is 2. The molecule has 0 saturated carbocycles. The van der Waals surface area contributed by atoms with Gasteiger partial charge in [-0.2, -0.15) is 0 Å². The Morgan fingerprint density at radius 1 is 1.17 bits per heavy atom. The van der Waals surface area contributed by atoms with Crippen molar-refractivity contribution in [1.29, 1.82) is 0 Å². The van der Waals surface area contributed by atoms with Crippen LogP contribution in [0.5, 0.6) is 5.75 Å². The van der Waals surface area contributed by atoms with Crippen LogP contribution in [0.2, 0.25) is 5.02 Å². The lowest BCUT2D eigenvalue weighted by molar-refractivity contribution is 0.407. The normalized spacial score (nSPS) is 11.9. The first-order chi connectivity index (χ1) is 10.9. The Balaban J connectivity index is 2.16. The fraction of sp³-hybridized carbons (Fsp3) is 0.316. The Bertz CT molecular complexity index is 846. The van der Waals surface area contributed by atoms with Crippen LogP contribution in [-0.4, -0.2) is 16.7 Å². The molecule has 0 aliphatic heterocycles. The van der Waals surface area contributed by atoms with Crippen LogP contribution in [0.25, 0.3) is 11.0 Å². The van der Waals surface area contributed by atoms with Gasteiger partial charge in [-0.25, -0.2) is 4.98 Å². The Morgan fingerprint density at radius 3 is 2.65 bits per heavy atom. The molecule has 0 aliphatic rings. The van der Waals surface area contributed by atoms with Crippen LogP contribution in [0, 0.1) is 0 Å². The summed E-state index contributed by atoms with van der Waals surface area (Å²) in [6, 6.07) is 12.1. The molecule has 4 heteroatoms. The maximum absolute atomic E-state index is 6.08.